The van der Waals surface area contributed by atoms with Gasteiger partial charge in [0.25, 0.3) is 0 Å². The molecule has 0 unspecified atom stereocenters. The number of aliphatic hydroxyl groups is 1. The highest BCUT2D eigenvalue weighted by atomic mass is 35.5. The minimum atomic E-state index is -1.38. The molecule has 0 fully saturated rings. The summed E-state index contributed by atoms with van der Waals surface area (Å²) in [5.74, 6) is -0.783. The maximum Gasteiger partial charge on any atom is 0.409 e. The molecule has 0 radical (unpaired) electrons. The normalized spacial score (nSPS) is 9.93. The third-order valence-electron chi connectivity index (χ3n) is 1.55. The SMILES string of the molecule is O=C(O)Nc1cc(CO)c(Cl)cc1F. The minimum absolute atomic E-state index is 0.0564. The van der Waals surface area contributed by atoms with Gasteiger partial charge in [-0.3, -0.25) is 5.32 Å². The predicted octanol–water partition coefficient (Wildman–Crippen LogP) is 2.06. The number of benzene rings is 1. The molecule has 0 aliphatic carbocycles. The van der Waals surface area contributed by atoms with E-state index in [0.29, 0.717) is 0 Å². The van der Waals surface area contributed by atoms with Gasteiger partial charge in [0.15, 0.2) is 0 Å². The van der Waals surface area contributed by atoms with Gasteiger partial charge in [0.1, 0.15) is 5.82 Å². The molecule has 1 aromatic carbocycles. The fourth-order valence-electron chi connectivity index (χ4n) is 0.926. The lowest BCUT2D eigenvalue weighted by atomic mass is 10.2. The van der Waals surface area contributed by atoms with Crippen LogP contribution in [0.5, 0.6) is 0 Å². The molecule has 0 spiro atoms. The van der Waals surface area contributed by atoms with Gasteiger partial charge in [-0.25, -0.2) is 9.18 Å². The van der Waals surface area contributed by atoms with Crippen LogP contribution in [0.2, 0.25) is 5.02 Å². The quantitative estimate of drug-likeness (QED) is 0.713. The van der Waals surface area contributed by atoms with E-state index in [1.165, 1.54) is 0 Å². The van der Waals surface area contributed by atoms with Crippen molar-refractivity contribution in [3.05, 3.63) is 28.5 Å². The molecule has 4 nitrogen and oxygen atoms in total. The Morgan fingerprint density at radius 2 is 2.21 bits per heavy atom. The van der Waals surface area contributed by atoms with E-state index in [-0.39, 0.29) is 22.9 Å². The van der Waals surface area contributed by atoms with Gasteiger partial charge in [0.2, 0.25) is 0 Å². The first-order valence-corrected chi connectivity index (χ1v) is 4.01. The lowest BCUT2D eigenvalue weighted by Crippen LogP contribution is -2.09. The van der Waals surface area contributed by atoms with Gasteiger partial charge in [0, 0.05) is 5.02 Å². The van der Waals surface area contributed by atoms with Crippen LogP contribution in [-0.4, -0.2) is 16.3 Å². The van der Waals surface area contributed by atoms with Crippen molar-refractivity contribution < 1.29 is 19.4 Å². The molecule has 0 bridgehead atoms. The summed E-state index contributed by atoms with van der Waals surface area (Å²) in [6, 6.07) is 2.09. The van der Waals surface area contributed by atoms with Crippen molar-refractivity contribution in [2.75, 3.05) is 5.32 Å². The molecular weight excluding hydrogens is 213 g/mol. The first-order valence-electron chi connectivity index (χ1n) is 3.63. The number of halogens is 2. The summed E-state index contributed by atoms with van der Waals surface area (Å²) < 4.78 is 13.0. The largest absolute Gasteiger partial charge is 0.465 e. The zero-order valence-electron chi connectivity index (χ0n) is 6.92. The zero-order chi connectivity index (χ0) is 10.7. The Labute approximate surface area is 83.9 Å². The molecule has 0 saturated heterocycles. The topological polar surface area (TPSA) is 69.6 Å². The number of carboxylic acid groups (broad SMARTS) is 1. The molecule has 76 valence electrons. The first-order chi connectivity index (χ1) is 6.54. The number of anilines is 1. The highest BCUT2D eigenvalue weighted by Crippen LogP contribution is 2.24. The van der Waals surface area contributed by atoms with E-state index >= 15 is 0 Å². The smallest absolute Gasteiger partial charge is 0.409 e. The van der Waals surface area contributed by atoms with E-state index in [1.54, 1.807) is 0 Å². The summed E-state index contributed by atoms with van der Waals surface area (Å²) in [6.45, 7) is -0.382. The molecule has 0 aliphatic rings. The third kappa shape index (κ3) is 2.34. The standard InChI is InChI=1S/C8H7ClFNO3/c9-5-2-6(10)7(11-8(13)14)1-4(5)3-12/h1-2,11-12H,3H2,(H,13,14). The number of hydrogen-bond acceptors (Lipinski definition) is 2. The van der Waals surface area contributed by atoms with Gasteiger partial charge in [-0.2, -0.15) is 0 Å². The van der Waals surface area contributed by atoms with Gasteiger partial charge in [-0.1, -0.05) is 11.6 Å². The molecule has 3 N–H and O–H groups in total. The molecule has 0 saturated carbocycles. The molecule has 1 rings (SSSR count). The number of aliphatic hydroxyl groups excluding tert-OH is 1. The highest BCUT2D eigenvalue weighted by molar-refractivity contribution is 6.31. The van der Waals surface area contributed by atoms with Crippen LogP contribution in [0.3, 0.4) is 0 Å². The van der Waals surface area contributed by atoms with Crippen molar-refractivity contribution in [1.82, 2.24) is 0 Å². The Bertz CT molecular complexity index is 370. The molecule has 14 heavy (non-hydrogen) atoms. The molecule has 1 aromatic rings. The summed E-state index contributed by atoms with van der Waals surface area (Å²) in [4.78, 5) is 10.2. The van der Waals surface area contributed by atoms with E-state index in [0.717, 1.165) is 12.1 Å². The third-order valence-corrected chi connectivity index (χ3v) is 1.90. The van der Waals surface area contributed by atoms with Crippen molar-refractivity contribution in [3.63, 3.8) is 0 Å². The maximum atomic E-state index is 13.0. The summed E-state index contributed by atoms with van der Waals surface area (Å²) in [5, 5.41) is 19.0. The lowest BCUT2D eigenvalue weighted by molar-refractivity contribution is 0.209. The Hall–Kier alpha value is -1.33. The Kier molecular flexibility index (Phi) is 3.27. The van der Waals surface area contributed by atoms with Gasteiger partial charge in [-0.05, 0) is 17.7 Å². The number of amides is 1. The highest BCUT2D eigenvalue weighted by Gasteiger charge is 2.09. The van der Waals surface area contributed by atoms with E-state index in [4.69, 9.17) is 21.8 Å². The number of hydrogen-bond donors (Lipinski definition) is 3. The number of carbonyl (C=O) groups is 1. The zero-order valence-corrected chi connectivity index (χ0v) is 7.68. The monoisotopic (exact) mass is 219 g/mol. The van der Waals surface area contributed by atoms with Crippen LogP contribution in [0, 0.1) is 5.82 Å². The summed E-state index contributed by atoms with van der Waals surface area (Å²) in [7, 11) is 0. The average Bonchev–Trinajstić information content (AvgIpc) is 2.09. The molecule has 6 heteroatoms. The Morgan fingerprint density at radius 3 is 2.71 bits per heavy atom. The van der Waals surface area contributed by atoms with Crippen molar-refractivity contribution in [2.45, 2.75) is 6.61 Å². The van der Waals surface area contributed by atoms with Crippen molar-refractivity contribution in [2.24, 2.45) is 0 Å². The number of nitrogens with one attached hydrogen (secondary N) is 1. The second-order valence-corrected chi connectivity index (χ2v) is 2.92. The Morgan fingerprint density at radius 1 is 1.57 bits per heavy atom. The van der Waals surface area contributed by atoms with Crippen LogP contribution in [0.1, 0.15) is 5.56 Å². The van der Waals surface area contributed by atoms with Crippen LogP contribution in [-0.2, 0) is 6.61 Å². The van der Waals surface area contributed by atoms with Crippen LogP contribution >= 0.6 is 11.6 Å². The second kappa shape index (κ2) is 4.26. The fraction of sp³-hybridized carbons (Fsp3) is 0.125. The minimum Gasteiger partial charge on any atom is -0.465 e. The second-order valence-electron chi connectivity index (χ2n) is 2.51. The molecule has 1 amide bonds. The number of rotatable bonds is 2. The molecule has 0 atom stereocenters. The summed E-state index contributed by atoms with van der Waals surface area (Å²) in [6.07, 6.45) is -1.38. The van der Waals surface area contributed by atoms with Gasteiger partial charge in [-0.15, -0.1) is 0 Å². The predicted molar refractivity (Wildman–Crippen MR) is 49.0 cm³/mol. The van der Waals surface area contributed by atoms with Gasteiger partial charge < -0.3 is 10.2 Å². The summed E-state index contributed by atoms with van der Waals surface area (Å²) >= 11 is 5.56. The lowest BCUT2D eigenvalue weighted by Gasteiger charge is -2.06. The molecule has 0 aromatic heterocycles. The summed E-state index contributed by atoms with van der Waals surface area (Å²) in [5.41, 5.74) is 0.0303. The van der Waals surface area contributed by atoms with E-state index in [2.05, 4.69) is 0 Å². The van der Waals surface area contributed by atoms with E-state index < -0.39 is 11.9 Å². The van der Waals surface area contributed by atoms with E-state index in [1.807, 2.05) is 5.32 Å². The molecule has 0 heterocycles. The van der Waals surface area contributed by atoms with Crippen LogP contribution < -0.4 is 5.32 Å². The van der Waals surface area contributed by atoms with E-state index in [9.17, 15) is 9.18 Å². The van der Waals surface area contributed by atoms with Crippen molar-refractivity contribution in [3.8, 4) is 0 Å². The maximum absolute atomic E-state index is 13.0. The molecule has 0 aliphatic heterocycles. The van der Waals surface area contributed by atoms with Gasteiger partial charge in [0.05, 0.1) is 12.3 Å². The fourth-order valence-corrected chi connectivity index (χ4v) is 1.14. The van der Waals surface area contributed by atoms with Crippen molar-refractivity contribution >= 4 is 23.4 Å². The van der Waals surface area contributed by atoms with Gasteiger partial charge >= 0.3 is 6.09 Å². The molecular formula is C8H7ClFNO3. The first kappa shape index (κ1) is 10.7. The average molecular weight is 220 g/mol. The van der Waals surface area contributed by atoms with Crippen LogP contribution in [0.25, 0.3) is 0 Å². The van der Waals surface area contributed by atoms with Crippen LogP contribution in [0.4, 0.5) is 14.9 Å². The van der Waals surface area contributed by atoms with Crippen molar-refractivity contribution in [1.29, 1.82) is 0 Å². The van der Waals surface area contributed by atoms with Crippen LogP contribution in [0.15, 0.2) is 12.1 Å². The Balaban J connectivity index is 3.10.